The summed E-state index contributed by atoms with van der Waals surface area (Å²) in [7, 11) is 0. The van der Waals surface area contributed by atoms with E-state index in [1.165, 1.54) is 25.1 Å². The highest BCUT2D eigenvalue weighted by molar-refractivity contribution is 6.30. The van der Waals surface area contributed by atoms with E-state index in [0.717, 1.165) is 17.2 Å². The van der Waals surface area contributed by atoms with Crippen LogP contribution < -0.4 is 11.1 Å². The van der Waals surface area contributed by atoms with Crippen molar-refractivity contribution in [1.29, 1.82) is 0 Å². The van der Waals surface area contributed by atoms with Crippen LogP contribution in [0.15, 0.2) is 30.5 Å². The summed E-state index contributed by atoms with van der Waals surface area (Å²) in [4.78, 5) is 26.1. The zero-order valence-corrected chi connectivity index (χ0v) is 15.5. The molecule has 1 aromatic heterocycles. The Morgan fingerprint density at radius 2 is 2.11 bits per heavy atom. The second kappa shape index (κ2) is 7.34. The van der Waals surface area contributed by atoms with Gasteiger partial charge in [-0.25, -0.2) is 13.9 Å². The lowest BCUT2D eigenvalue weighted by atomic mass is 9.75. The molecule has 1 fully saturated rings. The van der Waals surface area contributed by atoms with Gasteiger partial charge in [-0.2, -0.15) is 13.9 Å². The van der Waals surface area contributed by atoms with Crippen molar-refractivity contribution in [2.45, 2.75) is 24.9 Å². The number of amides is 3. The number of nitrogens with one attached hydrogen (secondary N) is 1. The fourth-order valence-corrected chi connectivity index (χ4v) is 3.72. The Morgan fingerprint density at radius 3 is 2.68 bits per heavy atom. The smallest absolute Gasteiger partial charge is 0.333 e. The van der Waals surface area contributed by atoms with Crippen LogP contribution in [0.1, 0.15) is 30.6 Å². The van der Waals surface area contributed by atoms with E-state index in [2.05, 4.69) is 10.4 Å². The van der Waals surface area contributed by atoms with Crippen molar-refractivity contribution in [3.05, 3.63) is 52.6 Å². The predicted octanol–water partition coefficient (Wildman–Crippen LogP) is 2.47. The Kier molecular flexibility index (Phi) is 5.24. The van der Waals surface area contributed by atoms with Gasteiger partial charge >= 0.3 is 12.6 Å². The molecule has 1 aromatic carbocycles. The van der Waals surface area contributed by atoms with E-state index in [9.17, 15) is 22.8 Å². The minimum Gasteiger partial charge on any atom is -0.352 e. The summed E-state index contributed by atoms with van der Waals surface area (Å²) in [6.45, 7) is -1.15. The molecule has 3 amide bonds. The number of alkyl halides is 2. The van der Waals surface area contributed by atoms with Gasteiger partial charge in [0, 0.05) is 19.3 Å². The predicted molar refractivity (Wildman–Crippen MR) is 94.4 cm³/mol. The van der Waals surface area contributed by atoms with Crippen molar-refractivity contribution >= 4 is 23.5 Å². The molecule has 0 bridgehead atoms. The molecule has 1 unspecified atom stereocenters. The van der Waals surface area contributed by atoms with E-state index in [-0.39, 0.29) is 23.8 Å². The molecule has 0 aliphatic carbocycles. The van der Waals surface area contributed by atoms with Gasteiger partial charge in [-0.1, -0.05) is 17.7 Å². The third-order valence-corrected chi connectivity index (χ3v) is 5.16. The number of carbonyl (C=O) groups is 2. The number of nitrogens with two attached hydrogens (primary N) is 1. The number of hydrogen-bond acceptors (Lipinski definition) is 3. The van der Waals surface area contributed by atoms with E-state index in [0.29, 0.717) is 10.2 Å². The van der Waals surface area contributed by atoms with Gasteiger partial charge in [-0.05, 0) is 30.7 Å². The summed E-state index contributed by atoms with van der Waals surface area (Å²) in [5.41, 5.74) is 4.27. The molecule has 3 rings (SSSR count). The average Bonchev–Trinajstić information content (AvgIpc) is 3.10. The minimum atomic E-state index is -2.90. The van der Waals surface area contributed by atoms with Gasteiger partial charge in [-0.15, -0.1) is 0 Å². The summed E-state index contributed by atoms with van der Waals surface area (Å²) in [5, 5.41) is 6.29. The minimum absolute atomic E-state index is 0.0776. The van der Waals surface area contributed by atoms with Gasteiger partial charge in [0.05, 0.1) is 16.6 Å². The third kappa shape index (κ3) is 3.28. The maximum Gasteiger partial charge on any atom is 0.333 e. The molecular weight excluding hydrogens is 399 g/mol. The quantitative estimate of drug-likeness (QED) is 0.803. The van der Waals surface area contributed by atoms with Crippen molar-refractivity contribution in [1.82, 2.24) is 20.0 Å². The largest absolute Gasteiger partial charge is 0.352 e. The number of piperazine rings is 1. The molecule has 2 aromatic rings. The maximum absolute atomic E-state index is 13.7. The summed E-state index contributed by atoms with van der Waals surface area (Å²) < 4.78 is 40.2. The molecule has 1 aliphatic heterocycles. The highest BCUT2D eigenvalue weighted by Gasteiger charge is 2.52. The lowest BCUT2D eigenvalue weighted by molar-refractivity contribution is -0.134. The van der Waals surface area contributed by atoms with Gasteiger partial charge in [0.25, 0.3) is 0 Å². The van der Waals surface area contributed by atoms with Crippen molar-refractivity contribution in [2.75, 3.05) is 13.1 Å². The molecule has 1 aliphatic rings. The standard InChI is InChI=1S/C17H17ClF3N5O2/c1-17(14(27)23-5-7-25(17)16(22)28)13(9-2-3-11(19)10(18)8-9)12-4-6-26(24-12)15(20)21/h2-4,6,8,13,15H,5,7H2,1H3,(H2,22,28)(H,23,27)/t13-,17?/m0/s1. The van der Waals surface area contributed by atoms with E-state index in [4.69, 9.17) is 17.3 Å². The fraction of sp³-hybridized carbons (Fsp3) is 0.353. The number of carbonyl (C=O) groups excluding carboxylic acids is 2. The van der Waals surface area contributed by atoms with Crippen LogP contribution in [0.3, 0.4) is 0 Å². The number of hydrogen-bond donors (Lipinski definition) is 2. The van der Waals surface area contributed by atoms with E-state index in [1.807, 2.05) is 0 Å². The van der Waals surface area contributed by atoms with Crippen LogP contribution in [0.25, 0.3) is 0 Å². The van der Waals surface area contributed by atoms with Crippen LogP contribution >= 0.6 is 11.6 Å². The molecule has 150 valence electrons. The number of urea groups is 1. The number of aromatic nitrogens is 2. The van der Waals surface area contributed by atoms with Gasteiger partial charge in [-0.3, -0.25) is 4.79 Å². The summed E-state index contributed by atoms with van der Waals surface area (Å²) in [6, 6.07) is 4.17. The molecule has 0 spiro atoms. The van der Waals surface area contributed by atoms with E-state index >= 15 is 0 Å². The first-order chi connectivity index (χ1) is 13.2. The van der Waals surface area contributed by atoms with Gasteiger partial charge in [0.1, 0.15) is 11.4 Å². The number of halogens is 4. The highest BCUT2D eigenvalue weighted by atomic mass is 35.5. The Bertz CT molecular complexity index is 922. The maximum atomic E-state index is 13.7. The third-order valence-electron chi connectivity index (χ3n) is 4.87. The zero-order valence-electron chi connectivity index (χ0n) is 14.7. The van der Waals surface area contributed by atoms with Crippen LogP contribution in [0, 0.1) is 5.82 Å². The van der Waals surface area contributed by atoms with Gasteiger partial charge in [0.15, 0.2) is 0 Å². The van der Waals surface area contributed by atoms with Crippen LogP contribution in [-0.4, -0.2) is 45.2 Å². The molecule has 0 radical (unpaired) electrons. The Labute approximate surface area is 163 Å². The molecule has 28 heavy (non-hydrogen) atoms. The summed E-state index contributed by atoms with van der Waals surface area (Å²) in [6.07, 6.45) is 1.05. The number of nitrogens with zero attached hydrogens (tertiary/aromatic N) is 3. The molecule has 11 heteroatoms. The molecule has 2 heterocycles. The van der Waals surface area contributed by atoms with Gasteiger partial charge in [0.2, 0.25) is 5.91 Å². The highest BCUT2D eigenvalue weighted by Crippen LogP contribution is 2.40. The average molecular weight is 416 g/mol. The van der Waals surface area contributed by atoms with Gasteiger partial charge < -0.3 is 16.0 Å². The second-order valence-electron chi connectivity index (χ2n) is 6.50. The zero-order chi connectivity index (χ0) is 20.6. The van der Waals surface area contributed by atoms with Crippen LogP contribution in [0.4, 0.5) is 18.0 Å². The van der Waals surface area contributed by atoms with E-state index < -0.39 is 35.8 Å². The molecule has 0 saturated carbocycles. The first kappa shape index (κ1) is 20.0. The first-order valence-electron chi connectivity index (χ1n) is 8.29. The Balaban J connectivity index is 2.23. The molecule has 7 nitrogen and oxygen atoms in total. The van der Waals surface area contributed by atoms with Crippen molar-refractivity contribution in [2.24, 2.45) is 5.73 Å². The Morgan fingerprint density at radius 1 is 1.39 bits per heavy atom. The van der Waals surface area contributed by atoms with Crippen LogP contribution in [0.2, 0.25) is 5.02 Å². The topological polar surface area (TPSA) is 93.2 Å². The molecule has 2 atom stereocenters. The lowest BCUT2D eigenvalue weighted by Crippen LogP contribution is -2.68. The SMILES string of the molecule is CC1([C@@H](c2ccc(F)c(Cl)c2)c2ccn(C(F)F)n2)C(=O)NCCN1C(N)=O. The van der Waals surface area contributed by atoms with Crippen molar-refractivity contribution in [3.63, 3.8) is 0 Å². The molecule has 1 saturated heterocycles. The summed E-state index contributed by atoms with van der Waals surface area (Å²) >= 11 is 5.89. The molecular formula is C17H17ClF3N5O2. The number of primary amides is 1. The van der Waals surface area contributed by atoms with Crippen molar-refractivity contribution < 1.29 is 22.8 Å². The van der Waals surface area contributed by atoms with Crippen LogP contribution in [0.5, 0.6) is 0 Å². The summed E-state index contributed by atoms with van der Waals surface area (Å²) in [5.74, 6) is -2.26. The number of benzene rings is 1. The second-order valence-corrected chi connectivity index (χ2v) is 6.91. The normalized spacial score (nSPS) is 20.9. The fourth-order valence-electron chi connectivity index (χ4n) is 3.53. The molecule has 3 N–H and O–H groups in total. The number of rotatable bonds is 4. The van der Waals surface area contributed by atoms with Crippen LogP contribution in [-0.2, 0) is 4.79 Å². The van der Waals surface area contributed by atoms with Crippen molar-refractivity contribution in [3.8, 4) is 0 Å². The van der Waals surface area contributed by atoms with E-state index in [1.54, 1.807) is 0 Å². The Hall–Kier alpha value is -2.75. The first-order valence-corrected chi connectivity index (χ1v) is 8.67. The lowest BCUT2D eigenvalue weighted by Gasteiger charge is -2.46. The monoisotopic (exact) mass is 415 g/mol.